The monoisotopic (exact) mass is 207 g/mol. The van der Waals surface area contributed by atoms with E-state index in [4.69, 9.17) is 0 Å². The maximum absolute atomic E-state index is 11.7. The highest BCUT2D eigenvalue weighted by Gasteiger charge is 2.28. The topological polar surface area (TPSA) is 43.1 Å². The molecule has 0 spiro atoms. The zero-order chi connectivity index (χ0) is 10.8. The Labute approximate surface area is 77.9 Å². The van der Waals surface area contributed by atoms with Crippen LogP contribution in [0.2, 0.25) is 0 Å². The number of nitrogens with zero attached hydrogens (tertiary/aromatic N) is 1. The third-order valence-electron chi connectivity index (χ3n) is 1.55. The second kappa shape index (κ2) is 3.81. The van der Waals surface area contributed by atoms with E-state index < -0.39 is 24.8 Å². The molecule has 1 aromatic rings. The minimum absolute atomic E-state index is 0.0493. The molecule has 0 fully saturated rings. The van der Waals surface area contributed by atoms with Gasteiger partial charge in [0.25, 0.3) is 0 Å². The summed E-state index contributed by atoms with van der Waals surface area (Å²) in [6.07, 6.45) is -6.03. The molecule has 0 aromatic carbocycles. The van der Waals surface area contributed by atoms with E-state index >= 15 is 0 Å². The number of alkyl halides is 3. The van der Waals surface area contributed by atoms with E-state index in [-0.39, 0.29) is 5.69 Å². The fourth-order valence-corrected chi connectivity index (χ4v) is 0.881. The van der Waals surface area contributed by atoms with Crippen molar-refractivity contribution in [2.75, 3.05) is 0 Å². The molecule has 1 rings (SSSR count). The van der Waals surface area contributed by atoms with Crippen LogP contribution in [0.4, 0.5) is 13.2 Å². The summed E-state index contributed by atoms with van der Waals surface area (Å²) in [6, 6.07) is 1.32. The predicted octanol–water partition coefficient (Wildman–Crippen LogP) is 2.51. The molecule has 0 unspecified atom stereocenters. The standard InChI is InChI=1S/C8H8F3NO2/c1-5-4-6(12-14-5)7(13)2-3-8(9,10)11/h4H,2-3H2,1H3. The van der Waals surface area contributed by atoms with Gasteiger partial charge in [-0.25, -0.2) is 0 Å². The van der Waals surface area contributed by atoms with Crippen LogP contribution in [-0.4, -0.2) is 17.1 Å². The molecule has 14 heavy (non-hydrogen) atoms. The van der Waals surface area contributed by atoms with Gasteiger partial charge in [-0.2, -0.15) is 13.2 Å². The van der Waals surface area contributed by atoms with Crippen molar-refractivity contribution in [3.05, 3.63) is 17.5 Å². The number of aromatic nitrogens is 1. The Kier molecular flexibility index (Phi) is 2.93. The normalized spacial score (nSPS) is 11.7. The molecule has 3 nitrogen and oxygen atoms in total. The maximum atomic E-state index is 11.7. The van der Waals surface area contributed by atoms with Crippen LogP contribution >= 0.6 is 0 Å². The lowest BCUT2D eigenvalue weighted by Crippen LogP contribution is -2.11. The molecular formula is C8H8F3NO2. The maximum Gasteiger partial charge on any atom is 0.389 e. The van der Waals surface area contributed by atoms with Crippen molar-refractivity contribution in [1.82, 2.24) is 5.16 Å². The smallest absolute Gasteiger partial charge is 0.361 e. The van der Waals surface area contributed by atoms with Crippen molar-refractivity contribution in [3.8, 4) is 0 Å². The van der Waals surface area contributed by atoms with E-state index in [0.717, 1.165) is 0 Å². The molecule has 1 heterocycles. The Balaban J connectivity index is 2.52. The lowest BCUT2D eigenvalue weighted by Gasteiger charge is -2.02. The number of carbonyl (C=O) groups excluding carboxylic acids is 1. The van der Waals surface area contributed by atoms with E-state index in [1.165, 1.54) is 6.07 Å². The summed E-state index contributed by atoms with van der Waals surface area (Å²) in [5.41, 5.74) is -0.0493. The first-order chi connectivity index (χ1) is 6.38. The highest BCUT2D eigenvalue weighted by atomic mass is 19.4. The molecule has 0 radical (unpaired) electrons. The van der Waals surface area contributed by atoms with Gasteiger partial charge in [0.2, 0.25) is 0 Å². The van der Waals surface area contributed by atoms with Crippen LogP contribution in [0.5, 0.6) is 0 Å². The Morgan fingerprint density at radius 2 is 2.21 bits per heavy atom. The molecule has 0 aliphatic rings. The zero-order valence-electron chi connectivity index (χ0n) is 7.39. The lowest BCUT2D eigenvalue weighted by atomic mass is 10.1. The number of rotatable bonds is 3. The third kappa shape index (κ3) is 3.20. The Morgan fingerprint density at radius 3 is 2.64 bits per heavy atom. The van der Waals surface area contributed by atoms with E-state index in [2.05, 4.69) is 9.68 Å². The summed E-state index contributed by atoms with van der Waals surface area (Å²) in [5, 5.41) is 3.32. The summed E-state index contributed by atoms with van der Waals surface area (Å²) in [4.78, 5) is 11.1. The number of carbonyl (C=O) groups is 1. The van der Waals surface area contributed by atoms with Gasteiger partial charge in [-0.3, -0.25) is 4.79 Å². The Hall–Kier alpha value is -1.33. The molecule has 78 valence electrons. The van der Waals surface area contributed by atoms with Gasteiger partial charge in [-0.15, -0.1) is 0 Å². The SMILES string of the molecule is Cc1cc(C(=O)CCC(F)(F)F)no1. The number of Topliss-reactive ketones (excluding diaryl/α,β-unsaturated/α-hetero) is 1. The number of hydrogen-bond acceptors (Lipinski definition) is 3. The van der Waals surface area contributed by atoms with E-state index in [1.807, 2.05) is 0 Å². The lowest BCUT2D eigenvalue weighted by molar-refractivity contribution is -0.133. The average Bonchev–Trinajstić information content (AvgIpc) is 2.46. The van der Waals surface area contributed by atoms with Crippen LogP contribution in [0.3, 0.4) is 0 Å². The zero-order valence-corrected chi connectivity index (χ0v) is 7.39. The second-order valence-corrected chi connectivity index (χ2v) is 2.86. The van der Waals surface area contributed by atoms with Crippen LogP contribution in [0.15, 0.2) is 10.6 Å². The molecule has 6 heteroatoms. The molecule has 0 aliphatic heterocycles. The molecule has 0 atom stereocenters. The van der Waals surface area contributed by atoms with Gasteiger partial charge in [0.15, 0.2) is 5.78 Å². The summed E-state index contributed by atoms with van der Waals surface area (Å²) in [6.45, 7) is 1.56. The quantitative estimate of drug-likeness (QED) is 0.715. The summed E-state index contributed by atoms with van der Waals surface area (Å²) >= 11 is 0. The summed E-state index contributed by atoms with van der Waals surface area (Å²) in [5.74, 6) is -0.250. The number of ketones is 1. The minimum Gasteiger partial charge on any atom is -0.361 e. The molecular weight excluding hydrogens is 199 g/mol. The molecule has 1 aromatic heterocycles. The van der Waals surface area contributed by atoms with Crippen LogP contribution in [0.1, 0.15) is 29.1 Å². The fourth-order valence-electron chi connectivity index (χ4n) is 0.881. The highest BCUT2D eigenvalue weighted by Crippen LogP contribution is 2.22. The van der Waals surface area contributed by atoms with Crippen molar-refractivity contribution in [1.29, 1.82) is 0 Å². The summed E-state index contributed by atoms with van der Waals surface area (Å²) in [7, 11) is 0. The first-order valence-corrected chi connectivity index (χ1v) is 3.92. The molecule has 0 N–H and O–H groups in total. The van der Waals surface area contributed by atoms with Gasteiger partial charge in [-0.05, 0) is 6.92 Å². The van der Waals surface area contributed by atoms with Crippen LogP contribution in [0.25, 0.3) is 0 Å². The van der Waals surface area contributed by atoms with Gasteiger partial charge in [-0.1, -0.05) is 5.16 Å². The fraction of sp³-hybridized carbons (Fsp3) is 0.500. The highest BCUT2D eigenvalue weighted by molar-refractivity contribution is 5.94. The molecule has 0 saturated heterocycles. The van der Waals surface area contributed by atoms with Crippen molar-refractivity contribution in [2.24, 2.45) is 0 Å². The first-order valence-electron chi connectivity index (χ1n) is 3.92. The van der Waals surface area contributed by atoms with Gasteiger partial charge in [0.1, 0.15) is 11.5 Å². The molecule has 0 bridgehead atoms. The van der Waals surface area contributed by atoms with Gasteiger partial charge in [0, 0.05) is 12.5 Å². The first kappa shape index (κ1) is 10.7. The third-order valence-corrected chi connectivity index (χ3v) is 1.55. The average molecular weight is 207 g/mol. The minimum atomic E-state index is -4.31. The second-order valence-electron chi connectivity index (χ2n) is 2.86. The van der Waals surface area contributed by atoms with Crippen molar-refractivity contribution in [2.45, 2.75) is 25.9 Å². The van der Waals surface area contributed by atoms with E-state index in [0.29, 0.717) is 5.76 Å². The van der Waals surface area contributed by atoms with Crippen LogP contribution in [-0.2, 0) is 0 Å². The Morgan fingerprint density at radius 1 is 1.57 bits per heavy atom. The molecule has 0 aliphatic carbocycles. The van der Waals surface area contributed by atoms with Gasteiger partial charge < -0.3 is 4.52 Å². The number of halogens is 3. The largest absolute Gasteiger partial charge is 0.389 e. The van der Waals surface area contributed by atoms with Crippen molar-refractivity contribution >= 4 is 5.78 Å². The van der Waals surface area contributed by atoms with Gasteiger partial charge in [0.05, 0.1) is 6.42 Å². The van der Waals surface area contributed by atoms with E-state index in [9.17, 15) is 18.0 Å². The van der Waals surface area contributed by atoms with Crippen LogP contribution < -0.4 is 0 Å². The number of hydrogen-bond donors (Lipinski definition) is 0. The molecule has 0 saturated carbocycles. The Bertz CT molecular complexity index is 330. The van der Waals surface area contributed by atoms with Gasteiger partial charge >= 0.3 is 6.18 Å². The van der Waals surface area contributed by atoms with Crippen LogP contribution in [0, 0.1) is 6.92 Å². The van der Waals surface area contributed by atoms with E-state index in [1.54, 1.807) is 6.92 Å². The predicted molar refractivity (Wildman–Crippen MR) is 40.9 cm³/mol. The number of aryl methyl sites for hydroxylation is 1. The molecule has 0 amide bonds. The van der Waals surface area contributed by atoms with Crippen molar-refractivity contribution < 1.29 is 22.5 Å². The summed E-state index contributed by atoms with van der Waals surface area (Å²) < 4.78 is 39.8. The van der Waals surface area contributed by atoms with Crippen molar-refractivity contribution in [3.63, 3.8) is 0 Å².